The zero-order valence-electron chi connectivity index (χ0n) is 17.0. The van der Waals surface area contributed by atoms with E-state index in [0.29, 0.717) is 17.7 Å². The topological polar surface area (TPSA) is 58.6 Å². The molecule has 0 fully saturated rings. The van der Waals surface area contributed by atoms with E-state index in [1.165, 1.54) is 17.3 Å². The van der Waals surface area contributed by atoms with Gasteiger partial charge in [0.15, 0.2) is 0 Å². The average molecular weight is 422 g/mol. The van der Waals surface area contributed by atoms with Crippen LogP contribution in [0.1, 0.15) is 27.9 Å². The molecule has 2 N–H and O–H groups in total. The van der Waals surface area contributed by atoms with Crippen LogP contribution >= 0.6 is 11.8 Å². The lowest BCUT2D eigenvalue weighted by atomic mass is 10.0. The largest absolute Gasteiger partial charge is 0.497 e. The molecule has 0 spiro atoms. The zero-order valence-corrected chi connectivity index (χ0v) is 17.8. The molecule has 30 heavy (non-hydrogen) atoms. The fourth-order valence-electron chi connectivity index (χ4n) is 3.11. The van der Waals surface area contributed by atoms with E-state index in [0.717, 1.165) is 17.7 Å². The smallest absolute Gasteiger partial charge is 0.251 e. The molecule has 0 saturated carbocycles. The van der Waals surface area contributed by atoms with Gasteiger partial charge in [-0.2, -0.15) is 0 Å². The van der Waals surface area contributed by atoms with Gasteiger partial charge < -0.3 is 15.2 Å². The normalized spacial score (nSPS) is 12.7. The highest BCUT2D eigenvalue weighted by atomic mass is 32.2. The van der Waals surface area contributed by atoms with E-state index in [9.17, 15) is 9.90 Å². The van der Waals surface area contributed by atoms with Crippen molar-refractivity contribution < 1.29 is 14.6 Å². The molecule has 0 saturated heterocycles. The van der Waals surface area contributed by atoms with Gasteiger partial charge in [-0.1, -0.05) is 60.7 Å². The van der Waals surface area contributed by atoms with Gasteiger partial charge in [-0.3, -0.25) is 4.79 Å². The molecule has 1 unspecified atom stereocenters. The van der Waals surface area contributed by atoms with Gasteiger partial charge in [-0.25, -0.2) is 0 Å². The summed E-state index contributed by atoms with van der Waals surface area (Å²) in [5.74, 6) is 1.28. The second-order valence-corrected chi connectivity index (χ2v) is 8.12. The Labute approximate surface area is 182 Å². The van der Waals surface area contributed by atoms with Crippen molar-refractivity contribution in [2.45, 2.75) is 30.1 Å². The molecule has 3 aromatic carbocycles. The summed E-state index contributed by atoms with van der Waals surface area (Å²) in [7, 11) is 1.64. The van der Waals surface area contributed by atoms with Crippen molar-refractivity contribution in [1.82, 2.24) is 5.32 Å². The fourth-order valence-corrected chi connectivity index (χ4v) is 4.11. The van der Waals surface area contributed by atoms with Gasteiger partial charge in [0.25, 0.3) is 5.91 Å². The Morgan fingerprint density at radius 3 is 2.20 bits per heavy atom. The summed E-state index contributed by atoms with van der Waals surface area (Å²) in [5, 5.41) is 13.9. The molecule has 0 aliphatic carbocycles. The Hall–Kier alpha value is -2.76. The molecular weight excluding hydrogens is 394 g/mol. The fraction of sp³-hybridized carbons (Fsp3) is 0.240. The minimum Gasteiger partial charge on any atom is -0.497 e. The van der Waals surface area contributed by atoms with Crippen molar-refractivity contribution in [2.24, 2.45) is 0 Å². The maximum absolute atomic E-state index is 12.7. The number of amides is 1. The van der Waals surface area contributed by atoms with Crippen molar-refractivity contribution in [1.29, 1.82) is 0 Å². The predicted octanol–water partition coefficient (Wildman–Crippen LogP) is 4.68. The molecular formula is C25H27NO3S. The Morgan fingerprint density at radius 2 is 1.57 bits per heavy atom. The number of benzene rings is 3. The SMILES string of the molecule is COc1ccc(CS[C@H](O)C(CCc2ccccc2)NC(=O)c2ccccc2)cc1. The maximum atomic E-state index is 12.7. The zero-order chi connectivity index (χ0) is 21.2. The molecule has 5 heteroatoms. The van der Waals surface area contributed by atoms with Crippen LogP contribution < -0.4 is 10.1 Å². The van der Waals surface area contributed by atoms with E-state index in [1.54, 1.807) is 19.2 Å². The van der Waals surface area contributed by atoms with Crippen LogP contribution in [0.25, 0.3) is 0 Å². The third-order valence-corrected chi connectivity index (χ3v) is 6.03. The lowest BCUT2D eigenvalue weighted by Crippen LogP contribution is -2.42. The average Bonchev–Trinajstić information content (AvgIpc) is 2.81. The van der Waals surface area contributed by atoms with Crippen LogP contribution in [0, 0.1) is 0 Å². The van der Waals surface area contributed by atoms with E-state index in [1.807, 2.05) is 60.7 Å². The van der Waals surface area contributed by atoms with Crippen molar-refractivity contribution >= 4 is 17.7 Å². The lowest BCUT2D eigenvalue weighted by Gasteiger charge is -2.24. The summed E-state index contributed by atoms with van der Waals surface area (Å²) in [5.41, 5.74) is 2.15. The van der Waals surface area contributed by atoms with Gasteiger partial charge in [0.2, 0.25) is 0 Å². The quantitative estimate of drug-likeness (QED) is 0.467. The number of aliphatic hydroxyl groups excluding tert-OH is 1. The van der Waals surface area contributed by atoms with Gasteiger partial charge in [0, 0.05) is 11.3 Å². The minimum absolute atomic E-state index is 0.169. The van der Waals surface area contributed by atoms with Crippen molar-refractivity contribution in [3.8, 4) is 5.75 Å². The van der Waals surface area contributed by atoms with E-state index >= 15 is 0 Å². The number of thioether (sulfide) groups is 1. The molecule has 4 nitrogen and oxygen atoms in total. The van der Waals surface area contributed by atoms with Gasteiger partial charge in [0.05, 0.1) is 13.2 Å². The highest BCUT2D eigenvalue weighted by Gasteiger charge is 2.22. The van der Waals surface area contributed by atoms with Gasteiger partial charge >= 0.3 is 0 Å². The summed E-state index contributed by atoms with van der Waals surface area (Å²) >= 11 is 1.42. The first-order valence-corrected chi connectivity index (χ1v) is 11.0. The third kappa shape index (κ3) is 6.65. The molecule has 0 heterocycles. The van der Waals surface area contributed by atoms with Crippen LogP contribution in [-0.2, 0) is 12.2 Å². The molecule has 2 atom stereocenters. The molecule has 0 radical (unpaired) electrons. The highest BCUT2D eigenvalue weighted by molar-refractivity contribution is 7.99. The summed E-state index contributed by atoms with van der Waals surface area (Å²) in [4.78, 5) is 12.7. The van der Waals surface area contributed by atoms with E-state index in [4.69, 9.17) is 4.74 Å². The number of hydrogen-bond donors (Lipinski definition) is 2. The molecule has 1 amide bonds. The Morgan fingerprint density at radius 1 is 0.933 bits per heavy atom. The van der Waals surface area contributed by atoms with Crippen LogP contribution in [0.2, 0.25) is 0 Å². The van der Waals surface area contributed by atoms with E-state index < -0.39 is 5.44 Å². The Kier molecular flexibility index (Phi) is 8.36. The molecule has 0 aromatic heterocycles. The second kappa shape index (κ2) is 11.4. The summed E-state index contributed by atoms with van der Waals surface area (Å²) in [6, 6.07) is 26.6. The summed E-state index contributed by atoms with van der Waals surface area (Å²) < 4.78 is 5.19. The molecule has 3 aromatic rings. The molecule has 0 bridgehead atoms. The van der Waals surface area contributed by atoms with Crippen LogP contribution in [0.4, 0.5) is 0 Å². The first kappa shape index (κ1) is 21.9. The molecule has 3 rings (SSSR count). The molecule has 156 valence electrons. The Bertz CT molecular complexity index is 901. The van der Waals surface area contributed by atoms with E-state index in [-0.39, 0.29) is 11.9 Å². The number of aliphatic hydroxyl groups is 1. The number of nitrogens with one attached hydrogen (secondary N) is 1. The highest BCUT2D eigenvalue weighted by Crippen LogP contribution is 2.23. The van der Waals surface area contributed by atoms with Gasteiger partial charge in [-0.15, -0.1) is 11.8 Å². The summed E-state index contributed by atoms with van der Waals surface area (Å²) in [6.45, 7) is 0. The number of carbonyl (C=O) groups excluding carboxylic acids is 1. The molecule has 0 aliphatic heterocycles. The number of rotatable bonds is 10. The van der Waals surface area contributed by atoms with Crippen LogP contribution in [-0.4, -0.2) is 29.6 Å². The van der Waals surface area contributed by atoms with Crippen LogP contribution in [0.15, 0.2) is 84.9 Å². The monoisotopic (exact) mass is 421 g/mol. The Balaban J connectivity index is 1.64. The van der Waals surface area contributed by atoms with Gasteiger partial charge in [-0.05, 0) is 48.2 Å². The minimum atomic E-state index is -0.719. The molecule has 0 aliphatic rings. The van der Waals surface area contributed by atoms with E-state index in [2.05, 4.69) is 17.4 Å². The number of methoxy groups -OCH3 is 1. The predicted molar refractivity (Wildman–Crippen MR) is 123 cm³/mol. The third-order valence-electron chi connectivity index (χ3n) is 4.86. The van der Waals surface area contributed by atoms with Crippen molar-refractivity contribution in [3.05, 3.63) is 102 Å². The van der Waals surface area contributed by atoms with Crippen LogP contribution in [0.5, 0.6) is 5.75 Å². The summed E-state index contributed by atoms with van der Waals surface area (Å²) in [6.07, 6.45) is 1.43. The standard InChI is InChI=1S/C25H27NO3S/c1-29-22-15-12-20(13-16-22)18-30-25(28)23(17-14-19-8-4-2-5-9-19)26-24(27)21-10-6-3-7-11-21/h2-13,15-16,23,25,28H,14,17-18H2,1H3,(H,26,27)/t23?,25-/m0/s1. The number of aryl methyl sites for hydroxylation is 1. The van der Waals surface area contributed by atoms with Gasteiger partial charge in [0.1, 0.15) is 11.2 Å². The number of ether oxygens (including phenoxy) is 1. The van der Waals surface area contributed by atoms with Crippen molar-refractivity contribution in [3.63, 3.8) is 0 Å². The number of hydrogen-bond acceptors (Lipinski definition) is 4. The lowest BCUT2D eigenvalue weighted by molar-refractivity contribution is 0.0901. The van der Waals surface area contributed by atoms with Crippen molar-refractivity contribution in [2.75, 3.05) is 7.11 Å². The second-order valence-electron chi connectivity index (χ2n) is 7.02. The number of carbonyl (C=O) groups is 1. The maximum Gasteiger partial charge on any atom is 0.251 e. The first-order valence-electron chi connectivity index (χ1n) is 9.98. The first-order chi connectivity index (χ1) is 14.7. The van der Waals surface area contributed by atoms with Crippen LogP contribution in [0.3, 0.4) is 0 Å².